The predicted octanol–water partition coefficient (Wildman–Crippen LogP) is 4.00. The summed E-state index contributed by atoms with van der Waals surface area (Å²) in [5, 5.41) is 12.0. The summed E-state index contributed by atoms with van der Waals surface area (Å²) in [7, 11) is 0. The molecule has 0 aromatic heterocycles. The van der Waals surface area contributed by atoms with Gasteiger partial charge in [0.15, 0.2) is 0 Å². The molecule has 0 unspecified atom stereocenters. The van der Waals surface area contributed by atoms with Gasteiger partial charge in [-0.25, -0.2) is 4.79 Å². The van der Waals surface area contributed by atoms with Gasteiger partial charge in [-0.2, -0.15) is 0 Å². The molecule has 5 heteroatoms. The smallest absolute Gasteiger partial charge is 0.337 e. The number of carboxylic acid groups (broad SMARTS) is 1. The highest BCUT2D eigenvalue weighted by Crippen LogP contribution is 2.21. The van der Waals surface area contributed by atoms with E-state index in [4.69, 9.17) is 16.7 Å². The zero-order valence-corrected chi connectivity index (χ0v) is 12.6. The number of aromatic carboxylic acids is 1. The summed E-state index contributed by atoms with van der Waals surface area (Å²) in [6.07, 6.45) is 3.03. The third-order valence-electron chi connectivity index (χ3n) is 3.07. The standard InChI is InChI=1S/C17H14ClNO3/c1-11-4-2-3-5-12(11)6-9-16(20)19-15-10-13(18)7-8-14(15)17(21)22/h2-10H,1H3,(H,19,20)(H,21,22)/b9-6+. The van der Waals surface area contributed by atoms with E-state index in [2.05, 4.69) is 5.32 Å². The molecule has 0 aliphatic carbocycles. The topological polar surface area (TPSA) is 66.4 Å². The van der Waals surface area contributed by atoms with Gasteiger partial charge in [0.2, 0.25) is 5.91 Å². The number of rotatable bonds is 4. The molecule has 2 aromatic rings. The Morgan fingerprint density at radius 1 is 1.18 bits per heavy atom. The molecule has 0 saturated heterocycles. The highest BCUT2D eigenvalue weighted by molar-refractivity contribution is 6.31. The first-order valence-electron chi connectivity index (χ1n) is 6.55. The van der Waals surface area contributed by atoms with Crippen molar-refractivity contribution in [1.82, 2.24) is 0 Å². The molecule has 22 heavy (non-hydrogen) atoms. The van der Waals surface area contributed by atoms with Crippen molar-refractivity contribution in [2.75, 3.05) is 5.32 Å². The molecule has 1 amide bonds. The summed E-state index contributed by atoms with van der Waals surface area (Å²) in [6.45, 7) is 1.94. The first-order chi connectivity index (χ1) is 10.5. The molecule has 4 nitrogen and oxygen atoms in total. The molecule has 112 valence electrons. The van der Waals surface area contributed by atoms with Crippen molar-refractivity contribution in [2.24, 2.45) is 0 Å². The lowest BCUT2D eigenvalue weighted by atomic mass is 10.1. The molecule has 2 N–H and O–H groups in total. The van der Waals surface area contributed by atoms with Crippen molar-refractivity contribution in [3.63, 3.8) is 0 Å². The molecule has 0 fully saturated rings. The second-order valence-corrected chi connectivity index (χ2v) is 5.11. The van der Waals surface area contributed by atoms with Gasteiger partial charge in [0.25, 0.3) is 0 Å². The number of amides is 1. The van der Waals surface area contributed by atoms with Crippen molar-refractivity contribution in [2.45, 2.75) is 6.92 Å². The van der Waals surface area contributed by atoms with Crippen LogP contribution in [0, 0.1) is 6.92 Å². The third-order valence-corrected chi connectivity index (χ3v) is 3.31. The van der Waals surface area contributed by atoms with Gasteiger partial charge in [0.05, 0.1) is 11.3 Å². The molecule has 2 rings (SSSR count). The first kappa shape index (κ1) is 15.8. The van der Waals surface area contributed by atoms with Gasteiger partial charge in [0, 0.05) is 11.1 Å². The molecule has 0 spiro atoms. The van der Waals surface area contributed by atoms with Crippen LogP contribution in [0.5, 0.6) is 0 Å². The number of carboxylic acids is 1. The molecule has 0 heterocycles. The third kappa shape index (κ3) is 3.96. The van der Waals surface area contributed by atoms with E-state index in [1.54, 1.807) is 6.08 Å². The van der Waals surface area contributed by atoms with Crippen molar-refractivity contribution >= 4 is 35.2 Å². The van der Waals surface area contributed by atoms with Gasteiger partial charge >= 0.3 is 5.97 Å². The summed E-state index contributed by atoms with van der Waals surface area (Å²) in [4.78, 5) is 23.1. The van der Waals surface area contributed by atoms with Gasteiger partial charge in [-0.05, 0) is 42.3 Å². The van der Waals surface area contributed by atoms with Crippen LogP contribution in [-0.4, -0.2) is 17.0 Å². The molecular formula is C17H14ClNO3. The van der Waals surface area contributed by atoms with Crippen LogP contribution >= 0.6 is 11.6 Å². The molecule has 0 aliphatic rings. The quantitative estimate of drug-likeness (QED) is 0.838. The Hall–Kier alpha value is -2.59. The number of carbonyl (C=O) groups is 2. The Balaban J connectivity index is 2.18. The molecular weight excluding hydrogens is 302 g/mol. The van der Waals surface area contributed by atoms with Gasteiger partial charge in [0.1, 0.15) is 0 Å². The van der Waals surface area contributed by atoms with E-state index >= 15 is 0 Å². The maximum atomic E-state index is 11.9. The fourth-order valence-electron chi connectivity index (χ4n) is 1.92. The van der Waals surface area contributed by atoms with Crippen LogP contribution in [0.15, 0.2) is 48.5 Å². The summed E-state index contributed by atoms with van der Waals surface area (Å²) in [5.74, 6) is -1.55. The Kier molecular flexibility index (Phi) is 4.96. The fourth-order valence-corrected chi connectivity index (χ4v) is 2.09. The van der Waals surface area contributed by atoms with Gasteiger partial charge in [-0.15, -0.1) is 0 Å². The van der Waals surface area contributed by atoms with E-state index in [0.29, 0.717) is 5.02 Å². The second-order valence-electron chi connectivity index (χ2n) is 4.67. The van der Waals surface area contributed by atoms with E-state index in [0.717, 1.165) is 11.1 Å². The number of nitrogens with one attached hydrogen (secondary N) is 1. The van der Waals surface area contributed by atoms with E-state index in [9.17, 15) is 9.59 Å². The zero-order valence-electron chi connectivity index (χ0n) is 11.8. The molecule has 2 aromatic carbocycles. The second kappa shape index (κ2) is 6.91. The van der Waals surface area contributed by atoms with Gasteiger partial charge in [-0.1, -0.05) is 35.9 Å². The molecule has 0 saturated carbocycles. The minimum atomic E-state index is -1.13. The van der Waals surface area contributed by atoms with E-state index in [1.165, 1.54) is 24.3 Å². The lowest BCUT2D eigenvalue weighted by Crippen LogP contribution is -2.12. The van der Waals surface area contributed by atoms with Crippen LogP contribution < -0.4 is 5.32 Å². The summed E-state index contributed by atoms with van der Waals surface area (Å²) in [5.41, 5.74) is 2.12. The summed E-state index contributed by atoms with van der Waals surface area (Å²) < 4.78 is 0. The number of anilines is 1. The lowest BCUT2D eigenvalue weighted by molar-refractivity contribution is -0.111. The number of hydrogen-bond acceptors (Lipinski definition) is 2. The number of benzene rings is 2. The average Bonchev–Trinajstić information content (AvgIpc) is 2.46. The van der Waals surface area contributed by atoms with Crippen molar-refractivity contribution in [3.8, 4) is 0 Å². The average molecular weight is 316 g/mol. The van der Waals surface area contributed by atoms with Crippen LogP contribution in [-0.2, 0) is 4.79 Å². The first-order valence-corrected chi connectivity index (χ1v) is 6.92. The molecule has 0 aliphatic heterocycles. The lowest BCUT2D eigenvalue weighted by Gasteiger charge is -2.07. The number of aryl methyl sites for hydroxylation is 1. The van der Waals surface area contributed by atoms with Crippen molar-refractivity contribution < 1.29 is 14.7 Å². The van der Waals surface area contributed by atoms with Crippen LogP contribution in [0.2, 0.25) is 5.02 Å². The summed E-state index contributed by atoms with van der Waals surface area (Å²) in [6, 6.07) is 11.8. The molecule has 0 bridgehead atoms. The highest BCUT2D eigenvalue weighted by atomic mass is 35.5. The number of hydrogen-bond donors (Lipinski definition) is 2. The Morgan fingerprint density at radius 3 is 2.59 bits per heavy atom. The van der Waals surface area contributed by atoms with E-state index in [1.807, 2.05) is 31.2 Å². The van der Waals surface area contributed by atoms with Crippen LogP contribution in [0.25, 0.3) is 6.08 Å². The minimum Gasteiger partial charge on any atom is -0.478 e. The van der Waals surface area contributed by atoms with Crippen LogP contribution in [0.1, 0.15) is 21.5 Å². The van der Waals surface area contributed by atoms with Crippen LogP contribution in [0.4, 0.5) is 5.69 Å². The fraction of sp³-hybridized carbons (Fsp3) is 0.0588. The molecule has 0 atom stereocenters. The predicted molar refractivity (Wildman–Crippen MR) is 87.3 cm³/mol. The number of halogens is 1. The number of carbonyl (C=O) groups excluding carboxylic acids is 1. The Labute approximate surface area is 133 Å². The SMILES string of the molecule is Cc1ccccc1/C=C/C(=O)Nc1cc(Cl)ccc1C(=O)O. The van der Waals surface area contributed by atoms with Crippen molar-refractivity contribution in [1.29, 1.82) is 0 Å². The van der Waals surface area contributed by atoms with Crippen LogP contribution in [0.3, 0.4) is 0 Å². The largest absolute Gasteiger partial charge is 0.478 e. The highest BCUT2D eigenvalue weighted by Gasteiger charge is 2.11. The minimum absolute atomic E-state index is 0.0120. The maximum Gasteiger partial charge on any atom is 0.337 e. The maximum absolute atomic E-state index is 11.9. The molecule has 0 radical (unpaired) electrons. The van der Waals surface area contributed by atoms with E-state index in [-0.39, 0.29) is 11.3 Å². The normalized spacial score (nSPS) is 10.6. The Morgan fingerprint density at radius 2 is 1.91 bits per heavy atom. The monoisotopic (exact) mass is 315 g/mol. The zero-order chi connectivity index (χ0) is 16.1. The van der Waals surface area contributed by atoms with Gasteiger partial charge < -0.3 is 10.4 Å². The van der Waals surface area contributed by atoms with Crippen molar-refractivity contribution in [3.05, 3.63) is 70.3 Å². The summed E-state index contributed by atoms with van der Waals surface area (Å²) >= 11 is 5.84. The Bertz CT molecular complexity index is 753. The van der Waals surface area contributed by atoms with Gasteiger partial charge in [-0.3, -0.25) is 4.79 Å². The van der Waals surface area contributed by atoms with E-state index < -0.39 is 11.9 Å².